The summed E-state index contributed by atoms with van der Waals surface area (Å²) in [5.41, 5.74) is 7.12. The molecular formula is C13H18Cl2N4OS2. The highest BCUT2D eigenvalue weighted by atomic mass is 35.5. The van der Waals surface area contributed by atoms with Gasteiger partial charge in [0.05, 0.1) is 17.2 Å². The molecule has 0 unspecified atom stereocenters. The summed E-state index contributed by atoms with van der Waals surface area (Å²) in [7, 11) is 0. The van der Waals surface area contributed by atoms with Gasteiger partial charge in [-0.25, -0.2) is 9.97 Å². The molecule has 2 aromatic heterocycles. The van der Waals surface area contributed by atoms with Crippen LogP contribution in [0.25, 0.3) is 0 Å². The monoisotopic (exact) mass is 380 g/mol. The van der Waals surface area contributed by atoms with E-state index in [1.54, 1.807) is 16.7 Å². The predicted molar refractivity (Wildman–Crippen MR) is 94.6 cm³/mol. The molecule has 1 amide bonds. The maximum atomic E-state index is 12.0. The van der Waals surface area contributed by atoms with E-state index in [2.05, 4.69) is 20.7 Å². The maximum absolute atomic E-state index is 12.0. The van der Waals surface area contributed by atoms with Gasteiger partial charge in [0.1, 0.15) is 10.7 Å². The van der Waals surface area contributed by atoms with Crippen molar-refractivity contribution in [3.63, 3.8) is 0 Å². The Morgan fingerprint density at radius 1 is 1.23 bits per heavy atom. The Morgan fingerprint density at radius 3 is 2.64 bits per heavy atom. The second kappa shape index (κ2) is 8.79. The van der Waals surface area contributed by atoms with Gasteiger partial charge in [0.15, 0.2) is 0 Å². The predicted octanol–water partition coefficient (Wildman–Crippen LogP) is 2.75. The average Bonchev–Trinajstić information content (AvgIpc) is 3.01. The van der Waals surface area contributed by atoms with Crippen LogP contribution in [0, 0.1) is 0 Å². The third kappa shape index (κ3) is 4.89. The van der Waals surface area contributed by atoms with Gasteiger partial charge in [0.2, 0.25) is 0 Å². The number of amides is 1. The SMILES string of the molecule is Cl.Cl.NCCc1nc(C(=O)NCc2nc(C3CC3)cs2)cs1. The van der Waals surface area contributed by atoms with E-state index in [-0.39, 0.29) is 30.7 Å². The van der Waals surface area contributed by atoms with Gasteiger partial charge < -0.3 is 11.1 Å². The Hall–Kier alpha value is -0.730. The average molecular weight is 381 g/mol. The van der Waals surface area contributed by atoms with E-state index in [9.17, 15) is 4.79 Å². The smallest absolute Gasteiger partial charge is 0.271 e. The minimum atomic E-state index is -0.146. The van der Waals surface area contributed by atoms with Crippen molar-refractivity contribution in [2.24, 2.45) is 5.73 Å². The highest BCUT2D eigenvalue weighted by molar-refractivity contribution is 7.10. The summed E-state index contributed by atoms with van der Waals surface area (Å²) in [5.74, 6) is 0.515. The summed E-state index contributed by atoms with van der Waals surface area (Å²) in [6.07, 6.45) is 3.21. The summed E-state index contributed by atoms with van der Waals surface area (Å²) in [6, 6.07) is 0. The third-order valence-corrected chi connectivity index (χ3v) is 4.88. The second-order valence-corrected chi connectivity index (χ2v) is 6.67. The minimum Gasteiger partial charge on any atom is -0.344 e. The van der Waals surface area contributed by atoms with Gasteiger partial charge in [0.25, 0.3) is 5.91 Å². The summed E-state index contributed by atoms with van der Waals surface area (Å²) < 4.78 is 0. The molecule has 1 aliphatic rings. The van der Waals surface area contributed by atoms with Crippen molar-refractivity contribution < 1.29 is 4.79 Å². The summed E-state index contributed by atoms with van der Waals surface area (Å²) >= 11 is 3.08. The van der Waals surface area contributed by atoms with Gasteiger partial charge >= 0.3 is 0 Å². The summed E-state index contributed by atoms with van der Waals surface area (Å²) in [6.45, 7) is 1.03. The number of halogens is 2. The van der Waals surface area contributed by atoms with Crippen LogP contribution in [0.4, 0.5) is 0 Å². The van der Waals surface area contributed by atoms with Crippen LogP contribution < -0.4 is 11.1 Å². The fourth-order valence-corrected chi connectivity index (χ4v) is 3.48. The zero-order valence-electron chi connectivity index (χ0n) is 11.8. The Labute approximate surface area is 149 Å². The molecular weight excluding hydrogens is 363 g/mol. The van der Waals surface area contributed by atoms with Crippen LogP contribution >= 0.6 is 47.5 Å². The molecule has 0 atom stereocenters. The largest absolute Gasteiger partial charge is 0.344 e. The van der Waals surface area contributed by atoms with E-state index in [4.69, 9.17) is 5.73 Å². The van der Waals surface area contributed by atoms with Crippen molar-refractivity contribution in [2.45, 2.75) is 31.7 Å². The number of hydrogen-bond donors (Lipinski definition) is 2. The molecule has 1 fully saturated rings. The van der Waals surface area contributed by atoms with Crippen molar-refractivity contribution in [3.05, 3.63) is 32.2 Å². The zero-order chi connectivity index (χ0) is 13.9. The highest BCUT2D eigenvalue weighted by Crippen LogP contribution is 2.40. The van der Waals surface area contributed by atoms with Gasteiger partial charge in [0, 0.05) is 23.1 Å². The third-order valence-electron chi connectivity index (χ3n) is 3.11. The van der Waals surface area contributed by atoms with E-state index < -0.39 is 0 Å². The first-order valence-electron chi connectivity index (χ1n) is 6.63. The normalized spacial score (nSPS) is 13.1. The molecule has 1 saturated carbocycles. The van der Waals surface area contributed by atoms with Gasteiger partial charge in [-0.2, -0.15) is 0 Å². The molecule has 1 aliphatic carbocycles. The lowest BCUT2D eigenvalue weighted by atomic mass is 10.3. The summed E-state index contributed by atoms with van der Waals surface area (Å²) in [5, 5.41) is 8.60. The van der Waals surface area contributed by atoms with Crippen LogP contribution in [0.15, 0.2) is 10.8 Å². The Morgan fingerprint density at radius 2 is 1.95 bits per heavy atom. The van der Waals surface area contributed by atoms with Crippen LogP contribution in [0.3, 0.4) is 0 Å². The molecule has 2 aromatic rings. The molecule has 0 radical (unpaired) electrons. The van der Waals surface area contributed by atoms with Crippen molar-refractivity contribution in [3.8, 4) is 0 Å². The van der Waals surface area contributed by atoms with Crippen LogP contribution in [0.5, 0.6) is 0 Å². The highest BCUT2D eigenvalue weighted by Gasteiger charge is 2.26. The van der Waals surface area contributed by atoms with Crippen LogP contribution in [0.1, 0.15) is 45.0 Å². The molecule has 0 saturated heterocycles. The van der Waals surface area contributed by atoms with Crippen molar-refractivity contribution in [2.75, 3.05) is 6.54 Å². The van der Waals surface area contributed by atoms with Crippen molar-refractivity contribution >= 4 is 53.4 Å². The Balaban J connectivity index is 0.00000121. The van der Waals surface area contributed by atoms with Crippen molar-refractivity contribution in [1.29, 1.82) is 0 Å². The number of carbonyl (C=O) groups is 1. The first-order valence-corrected chi connectivity index (χ1v) is 8.39. The molecule has 3 N–H and O–H groups in total. The van der Waals surface area contributed by atoms with E-state index in [0.29, 0.717) is 24.7 Å². The fraction of sp³-hybridized carbons (Fsp3) is 0.462. The number of hydrogen-bond acceptors (Lipinski definition) is 6. The Kier molecular flexibility index (Phi) is 7.71. The standard InChI is InChI=1S/C13H16N4OS2.2ClH/c14-4-3-11-17-10(7-19-11)13(18)15-5-12-16-9(6-20-12)8-1-2-8;;/h6-8H,1-5,14H2,(H,15,18);2*1H. The number of nitrogens with zero attached hydrogens (tertiary/aromatic N) is 2. The van der Waals surface area contributed by atoms with E-state index in [0.717, 1.165) is 16.4 Å². The Bertz CT molecular complexity index is 613. The van der Waals surface area contributed by atoms with Crippen molar-refractivity contribution in [1.82, 2.24) is 15.3 Å². The number of thiazole rings is 2. The van der Waals surface area contributed by atoms with Gasteiger partial charge in [-0.05, 0) is 19.4 Å². The van der Waals surface area contributed by atoms with Gasteiger partial charge in [-0.3, -0.25) is 4.79 Å². The molecule has 3 rings (SSSR count). The zero-order valence-corrected chi connectivity index (χ0v) is 15.0. The van der Waals surface area contributed by atoms with Gasteiger partial charge in [-0.1, -0.05) is 0 Å². The van der Waals surface area contributed by atoms with Crippen LogP contribution in [-0.2, 0) is 13.0 Å². The molecule has 5 nitrogen and oxygen atoms in total. The molecule has 122 valence electrons. The molecule has 0 spiro atoms. The number of nitrogens with two attached hydrogens (primary N) is 1. The van der Waals surface area contributed by atoms with Crippen LogP contribution in [0.2, 0.25) is 0 Å². The minimum absolute atomic E-state index is 0. The number of rotatable bonds is 6. The van der Waals surface area contributed by atoms with Crippen LogP contribution in [-0.4, -0.2) is 22.4 Å². The second-order valence-electron chi connectivity index (χ2n) is 4.79. The first-order chi connectivity index (χ1) is 9.76. The number of nitrogens with one attached hydrogen (secondary N) is 1. The molecule has 2 heterocycles. The number of aromatic nitrogens is 2. The molecule has 0 aliphatic heterocycles. The first kappa shape index (κ1) is 19.3. The maximum Gasteiger partial charge on any atom is 0.271 e. The van der Waals surface area contributed by atoms with Gasteiger partial charge in [-0.15, -0.1) is 47.5 Å². The molecule has 9 heteroatoms. The fourth-order valence-electron chi connectivity index (χ4n) is 1.87. The summed E-state index contributed by atoms with van der Waals surface area (Å²) in [4.78, 5) is 20.8. The molecule has 22 heavy (non-hydrogen) atoms. The van der Waals surface area contributed by atoms with E-state index >= 15 is 0 Å². The lowest BCUT2D eigenvalue weighted by Crippen LogP contribution is -2.23. The molecule has 0 aromatic carbocycles. The lowest BCUT2D eigenvalue weighted by molar-refractivity contribution is 0.0946. The lowest BCUT2D eigenvalue weighted by Gasteiger charge is -1.99. The molecule has 0 bridgehead atoms. The quantitative estimate of drug-likeness (QED) is 0.806. The van der Waals surface area contributed by atoms with E-state index in [1.807, 2.05) is 0 Å². The van der Waals surface area contributed by atoms with E-state index in [1.165, 1.54) is 29.9 Å². The topological polar surface area (TPSA) is 80.9 Å². The number of carbonyl (C=O) groups excluding carboxylic acids is 1.